The number of allylic oxidation sites excluding steroid dienone is 2. The highest BCUT2D eigenvalue weighted by atomic mass is 32.1. The molecule has 0 aliphatic heterocycles. The van der Waals surface area contributed by atoms with Gasteiger partial charge < -0.3 is 0 Å². The van der Waals surface area contributed by atoms with Crippen LogP contribution in [0.2, 0.25) is 0 Å². The summed E-state index contributed by atoms with van der Waals surface area (Å²) in [6.07, 6.45) is 8.34. The Hall–Kier alpha value is -3.30. The van der Waals surface area contributed by atoms with E-state index in [-0.39, 0.29) is 16.6 Å². The fraction of sp³-hybridized carbons (Fsp3) is 0.300. The summed E-state index contributed by atoms with van der Waals surface area (Å²) < 4.78 is 0. The molecular weight excluding hydrogens is 388 g/mol. The highest BCUT2D eigenvalue weighted by molar-refractivity contribution is 7.23. The van der Waals surface area contributed by atoms with Crippen LogP contribution in [0.3, 0.4) is 0 Å². The number of aromatic nitrogens is 2. The van der Waals surface area contributed by atoms with Crippen molar-refractivity contribution in [3.63, 3.8) is 0 Å². The van der Waals surface area contributed by atoms with Gasteiger partial charge in [0.15, 0.2) is 0 Å². The first-order valence-corrected chi connectivity index (χ1v) is 10.4. The van der Waals surface area contributed by atoms with E-state index < -0.39 is 0 Å². The Balaban J connectivity index is 1.89. The summed E-state index contributed by atoms with van der Waals surface area (Å²) in [6, 6.07) is 7.53. The van der Waals surface area contributed by atoms with Crippen LogP contribution in [0.5, 0.6) is 0 Å². The van der Waals surface area contributed by atoms with E-state index in [1.807, 2.05) is 24.3 Å². The fourth-order valence-corrected chi connectivity index (χ4v) is 6.27. The molecule has 0 bridgehead atoms. The highest BCUT2D eigenvalue weighted by Gasteiger charge is 2.49. The van der Waals surface area contributed by atoms with Gasteiger partial charge in [0.1, 0.15) is 45.4 Å². The van der Waals surface area contributed by atoms with Crippen LogP contribution in [0.4, 0.5) is 0 Å². The van der Waals surface area contributed by atoms with Crippen LogP contribution in [0.1, 0.15) is 53.5 Å². The van der Waals surface area contributed by atoms with E-state index in [1.165, 1.54) is 41.2 Å². The molecule has 2 aromatic heterocycles. The third-order valence-electron chi connectivity index (χ3n) is 5.12. The van der Waals surface area contributed by atoms with Gasteiger partial charge in [-0.2, -0.15) is 21.0 Å². The summed E-state index contributed by atoms with van der Waals surface area (Å²) in [5, 5.41) is 37.5. The first-order valence-electron chi connectivity index (χ1n) is 8.72. The van der Waals surface area contributed by atoms with Gasteiger partial charge in [0.2, 0.25) is 0 Å². The second-order valence-corrected chi connectivity index (χ2v) is 8.73. The van der Waals surface area contributed by atoms with Crippen LogP contribution in [-0.2, 0) is 5.41 Å². The van der Waals surface area contributed by atoms with Crippen molar-refractivity contribution < 1.29 is 0 Å². The number of nitrogens with zero attached hydrogens (tertiary/aromatic N) is 6. The number of hydrogen-bond acceptors (Lipinski definition) is 8. The van der Waals surface area contributed by atoms with E-state index in [2.05, 4.69) is 0 Å². The molecule has 2 aromatic rings. The minimum absolute atomic E-state index is 0.0333. The van der Waals surface area contributed by atoms with Crippen molar-refractivity contribution in [2.45, 2.75) is 37.5 Å². The molecular formula is C20H12N6S2. The maximum Gasteiger partial charge on any atom is 0.132 e. The van der Waals surface area contributed by atoms with Crippen molar-refractivity contribution in [1.82, 2.24) is 9.97 Å². The lowest BCUT2D eigenvalue weighted by Gasteiger charge is -2.32. The van der Waals surface area contributed by atoms with Crippen molar-refractivity contribution in [2.24, 2.45) is 0 Å². The van der Waals surface area contributed by atoms with Crippen molar-refractivity contribution >= 4 is 34.8 Å². The molecule has 0 radical (unpaired) electrons. The monoisotopic (exact) mass is 400 g/mol. The zero-order valence-electron chi connectivity index (χ0n) is 14.7. The standard InChI is InChI=1S/C20H12N6S2/c21-8-12(9-22)6-14-25-18-16(27-14)17-19(20(18)4-2-1-3-5-20)26-15(28-17)7-13(10-23)11-24/h6-7H,1-5H2. The quantitative estimate of drug-likeness (QED) is 0.674. The molecule has 0 aromatic carbocycles. The van der Waals surface area contributed by atoms with E-state index in [0.29, 0.717) is 10.0 Å². The Bertz CT molecular complexity index is 1070. The Morgan fingerprint density at radius 2 is 1.18 bits per heavy atom. The second-order valence-electron chi connectivity index (χ2n) is 6.67. The topological polar surface area (TPSA) is 121 Å². The summed E-state index contributed by atoms with van der Waals surface area (Å²) >= 11 is 2.93. The van der Waals surface area contributed by atoms with Gasteiger partial charge in [-0.1, -0.05) is 19.3 Å². The van der Waals surface area contributed by atoms with Gasteiger partial charge in [0.05, 0.1) is 26.6 Å². The molecule has 6 nitrogen and oxygen atoms in total. The molecule has 0 saturated heterocycles. The van der Waals surface area contributed by atoms with Crippen LogP contribution in [-0.4, -0.2) is 9.97 Å². The van der Waals surface area contributed by atoms with E-state index >= 15 is 0 Å². The molecule has 2 aliphatic rings. The predicted octanol–water partition coefficient (Wildman–Crippen LogP) is 4.69. The normalized spacial score (nSPS) is 15.3. The van der Waals surface area contributed by atoms with Gasteiger partial charge in [-0.3, -0.25) is 0 Å². The maximum atomic E-state index is 9.04. The number of rotatable bonds is 2. The van der Waals surface area contributed by atoms with Crippen LogP contribution in [0.25, 0.3) is 21.9 Å². The van der Waals surface area contributed by atoms with Gasteiger partial charge in [0, 0.05) is 12.2 Å². The summed E-state index contributed by atoms with van der Waals surface area (Å²) in [5.41, 5.74) is 1.83. The Labute approximate surface area is 169 Å². The van der Waals surface area contributed by atoms with Gasteiger partial charge in [0.25, 0.3) is 0 Å². The Kier molecular flexibility index (Phi) is 4.54. The number of hydrogen-bond donors (Lipinski definition) is 0. The first-order chi connectivity index (χ1) is 13.6. The molecule has 1 saturated carbocycles. The van der Waals surface area contributed by atoms with Crippen LogP contribution in [0.15, 0.2) is 11.1 Å². The van der Waals surface area contributed by atoms with E-state index in [9.17, 15) is 0 Å². The number of thiazole rings is 2. The fourth-order valence-electron chi connectivity index (χ4n) is 3.92. The molecule has 0 N–H and O–H groups in total. The number of nitriles is 4. The van der Waals surface area contributed by atoms with Gasteiger partial charge in [-0.25, -0.2) is 9.97 Å². The first kappa shape index (κ1) is 18.1. The predicted molar refractivity (Wildman–Crippen MR) is 105 cm³/mol. The lowest BCUT2D eigenvalue weighted by Crippen LogP contribution is -2.29. The summed E-state index contributed by atoms with van der Waals surface area (Å²) in [6.45, 7) is 0. The minimum Gasteiger partial charge on any atom is -0.240 e. The smallest absolute Gasteiger partial charge is 0.132 e. The summed E-state index contributed by atoms with van der Waals surface area (Å²) in [4.78, 5) is 11.7. The lowest BCUT2D eigenvalue weighted by molar-refractivity contribution is 0.340. The Morgan fingerprint density at radius 3 is 1.57 bits per heavy atom. The third kappa shape index (κ3) is 2.72. The van der Waals surface area contributed by atoms with Crippen LogP contribution >= 0.6 is 22.7 Å². The highest BCUT2D eigenvalue weighted by Crippen LogP contribution is 2.58. The minimum atomic E-state index is -0.243. The zero-order valence-corrected chi connectivity index (χ0v) is 16.3. The van der Waals surface area contributed by atoms with Crippen molar-refractivity contribution in [3.05, 3.63) is 32.5 Å². The molecule has 4 rings (SSSR count). The van der Waals surface area contributed by atoms with Gasteiger partial charge in [-0.15, -0.1) is 22.7 Å². The molecule has 0 atom stereocenters. The largest absolute Gasteiger partial charge is 0.240 e. The molecule has 0 unspecified atom stereocenters. The molecule has 1 spiro atoms. The lowest BCUT2D eigenvalue weighted by atomic mass is 9.72. The van der Waals surface area contributed by atoms with Crippen LogP contribution < -0.4 is 0 Å². The van der Waals surface area contributed by atoms with Gasteiger partial charge in [-0.05, 0) is 12.8 Å². The van der Waals surface area contributed by atoms with Gasteiger partial charge >= 0.3 is 0 Å². The molecule has 134 valence electrons. The molecule has 2 aliphatic carbocycles. The third-order valence-corrected chi connectivity index (χ3v) is 7.29. The van der Waals surface area contributed by atoms with Crippen molar-refractivity contribution in [2.75, 3.05) is 0 Å². The molecule has 8 heteroatoms. The second kappa shape index (κ2) is 7.02. The number of fused-ring (bicyclic) bond motifs is 5. The van der Waals surface area contributed by atoms with E-state index in [1.54, 1.807) is 0 Å². The summed E-state index contributed by atoms with van der Waals surface area (Å²) in [7, 11) is 0. The molecule has 2 heterocycles. The molecule has 1 fully saturated rings. The average molecular weight is 400 g/mol. The van der Waals surface area contributed by atoms with E-state index in [4.69, 9.17) is 31.0 Å². The van der Waals surface area contributed by atoms with Crippen molar-refractivity contribution in [3.8, 4) is 34.0 Å². The molecule has 0 amide bonds. The average Bonchev–Trinajstić information content (AvgIpc) is 3.39. The summed E-state index contributed by atoms with van der Waals surface area (Å²) in [5.74, 6) is 0. The van der Waals surface area contributed by atoms with Crippen molar-refractivity contribution in [1.29, 1.82) is 21.0 Å². The van der Waals surface area contributed by atoms with E-state index in [0.717, 1.165) is 46.8 Å². The molecule has 28 heavy (non-hydrogen) atoms. The van der Waals surface area contributed by atoms with Crippen LogP contribution in [0, 0.1) is 45.3 Å². The maximum absolute atomic E-state index is 9.04. The SMILES string of the molecule is N#CC(C#N)=Cc1nc2c(s1)-c1sc(C=C(C#N)C#N)nc1C21CCCCC1. The Morgan fingerprint density at radius 1 is 0.750 bits per heavy atom. The zero-order chi connectivity index (χ0) is 19.7.